The average molecular weight is 364 g/mol. The maximum absolute atomic E-state index is 13.0. The first-order chi connectivity index (χ1) is 13.1. The van der Waals surface area contributed by atoms with Crippen LogP contribution in [0.5, 0.6) is 0 Å². The normalized spacial score (nSPS) is 14.4. The SMILES string of the molecule is CC(=O)Nc1ccn2ncc(C(=O)N3CCN(c4ccccn4)CC3)c2c1. The largest absolute Gasteiger partial charge is 0.353 e. The van der Waals surface area contributed by atoms with Gasteiger partial charge in [0.15, 0.2) is 0 Å². The smallest absolute Gasteiger partial charge is 0.257 e. The highest BCUT2D eigenvalue weighted by Gasteiger charge is 2.25. The van der Waals surface area contributed by atoms with E-state index in [1.807, 2.05) is 23.1 Å². The molecule has 1 aliphatic heterocycles. The average Bonchev–Trinajstić information content (AvgIpc) is 3.11. The molecule has 1 fully saturated rings. The Balaban J connectivity index is 1.51. The number of carbonyl (C=O) groups is 2. The molecule has 4 rings (SSSR count). The quantitative estimate of drug-likeness (QED) is 0.764. The van der Waals surface area contributed by atoms with E-state index in [2.05, 4.69) is 20.3 Å². The molecule has 0 aromatic carbocycles. The summed E-state index contributed by atoms with van der Waals surface area (Å²) in [5, 5.41) is 6.99. The van der Waals surface area contributed by atoms with Crippen LogP contribution in [0.15, 0.2) is 48.9 Å². The van der Waals surface area contributed by atoms with Crippen molar-refractivity contribution in [2.45, 2.75) is 6.92 Å². The summed E-state index contributed by atoms with van der Waals surface area (Å²) < 4.78 is 1.64. The topological polar surface area (TPSA) is 82.8 Å². The Hall–Kier alpha value is -3.42. The van der Waals surface area contributed by atoms with Gasteiger partial charge in [-0.1, -0.05) is 6.07 Å². The van der Waals surface area contributed by atoms with Crippen molar-refractivity contribution in [1.82, 2.24) is 19.5 Å². The summed E-state index contributed by atoms with van der Waals surface area (Å²) in [6.45, 7) is 4.17. The van der Waals surface area contributed by atoms with Crippen LogP contribution in [0.3, 0.4) is 0 Å². The minimum absolute atomic E-state index is 0.0503. The number of pyridine rings is 2. The fourth-order valence-corrected chi connectivity index (χ4v) is 3.28. The molecule has 1 saturated heterocycles. The summed E-state index contributed by atoms with van der Waals surface area (Å²) in [5.74, 6) is 0.726. The molecule has 0 saturated carbocycles. The third kappa shape index (κ3) is 3.46. The van der Waals surface area contributed by atoms with Crippen LogP contribution in [0.25, 0.3) is 5.52 Å². The van der Waals surface area contributed by atoms with Crippen molar-refractivity contribution in [2.24, 2.45) is 0 Å². The predicted molar refractivity (Wildman–Crippen MR) is 102 cm³/mol. The molecule has 0 spiro atoms. The summed E-state index contributed by atoms with van der Waals surface area (Å²) in [6, 6.07) is 9.36. The number of piperazine rings is 1. The third-order valence-electron chi connectivity index (χ3n) is 4.61. The molecule has 1 aliphatic rings. The van der Waals surface area contributed by atoms with E-state index in [1.54, 1.807) is 35.2 Å². The monoisotopic (exact) mass is 364 g/mol. The second kappa shape index (κ2) is 7.06. The zero-order valence-electron chi connectivity index (χ0n) is 15.0. The first-order valence-corrected chi connectivity index (χ1v) is 8.82. The summed E-state index contributed by atoms with van der Waals surface area (Å²) >= 11 is 0. The number of fused-ring (bicyclic) bond motifs is 1. The molecule has 0 unspecified atom stereocenters. The predicted octanol–water partition coefficient (Wildman–Crippen LogP) is 1.65. The van der Waals surface area contributed by atoms with E-state index < -0.39 is 0 Å². The maximum atomic E-state index is 13.0. The molecule has 1 N–H and O–H groups in total. The number of amides is 2. The number of hydrogen-bond donors (Lipinski definition) is 1. The van der Waals surface area contributed by atoms with E-state index in [0.717, 1.165) is 18.9 Å². The Bertz CT molecular complexity index is 976. The van der Waals surface area contributed by atoms with Crippen LogP contribution in [0.4, 0.5) is 11.5 Å². The molecule has 0 bridgehead atoms. The van der Waals surface area contributed by atoms with Gasteiger partial charge in [0.05, 0.1) is 17.3 Å². The first kappa shape index (κ1) is 17.0. The number of carbonyl (C=O) groups excluding carboxylic acids is 2. The Kier molecular flexibility index (Phi) is 4.45. The Morgan fingerprint density at radius 2 is 1.93 bits per heavy atom. The van der Waals surface area contributed by atoms with Gasteiger partial charge in [0.2, 0.25) is 5.91 Å². The second-order valence-corrected chi connectivity index (χ2v) is 6.45. The maximum Gasteiger partial charge on any atom is 0.257 e. The van der Waals surface area contributed by atoms with Crippen LogP contribution in [-0.4, -0.2) is 57.5 Å². The number of rotatable bonds is 3. The van der Waals surface area contributed by atoms with Crippen LogP contribution in [0.1, 0.15) is 17.3 Å². The summed E-state index contributed by atoms with van der Waals surface area (Å²) in [4.78, 5) is 32.7. The van der Waals surface area contributed by atoms with Gasteiger partial charge < -0.3 is 15.1 Å². The molecule has 4 heterocycles. The molecule has 0 aliphatic carbocycles. The molecular weight excluding hydrogens is 344 g/mol. The summed E-state index contributed by atoms with van der Waals surface area (Å²) in [6.07, 6.45) is 5.09. The Morgan fingerprint density at radius 3 is 2.63 bits per heavy atom. The highest BCUT2D eigenvalue weighted by molar-refractivity contribution is 6.01. The van der Waals surface area contributed by atoms with Gasteiger partial charge in [-0.2, -0.15) is 5.10 Å². The zero-order chi connectivity index (χ0) is 18.8. The van der Waals surface area contributed by atoms with E-state index in [4.69, 9.17) is 0 Å². The van der Waals surface area contributed by atoms with Gasteiger partial charge in [-0.25, -0.2) is 9.50 Å². The summed E-state index contributed by atoms with van der Waals surface area (Å²) in [7, 11) is 0. The van der Waals surface area contributed by atoms with Gasteiger partial charge >= 0.3 is 0 Å². The minimum atomic E-state index is -0.155. The van der Waals surface area contributed by atoms with Crippen molar-refractivity contribution in [1.29, 1.82) is 0 Å². The second-order valence-electron chi connectivity index (χ2n) is 6.45. The lowest BCUT2D eigenvalue weighted by molar-refractivity contribution is -0.114. The van der Waals surface area contributed by atoms with Crippen molar-refractivity contribution in [3.8, 4) is 0 Å². The molecule has 0 radical (unpaired) electrons. The number of nitrogens with zero attached hydrogens (tertiary/aromatic N) is 5. The van der Waals surface area contributed by atoms with Gasteiger partial charge in [0.1, 0.15) is 5.82 Å². The van der Waals surface area contributed by atoms with Crippen molar-refractivity contribution < 1.29 is 9.59 Å². The van der Waals surface area contributed by atoms with Crippen molar-refractivity contribution >= 4 is 28.8 Å². The number of aromatic nitrogens is 3. The highest BCUT2D eigenvalue weighted by Crippen LogP contribution is 2.19. The van der Waals surface area contributed by atoms with E-state index in [0.29, 0.717) is 29.9 Å². The Morgan fingerprint density at radius 1 is 1.11 bits per heavy atom. The van der Waals surface area contributed by atoms with Gasteiger partial charge in [0, 0.05) is 51.2 Å². The van der Waals surface area contributed by atoms with E-state index >= 15 is 0 Å². The minimum Gasteiger partial charge on any atom is -0.353 e. The fraction of sp³-hybridized carbons (Fsp3) is 0.263. The van der Waals surface area contributed by atoms with Gasteiger partial charge in [-0.3, -0.25) is 9.59 Å². The van der Waals surface area contributed by atoms with Crippen LogP contribution < -0.4 is 10.2 Å². The van der Waals surface area contributed by atoms with Gasteiger partial charge in [-0.15, -0.1) is 0 Å². The lowest BCUT2D eigenvalue weighted by Crippen LogP contribution is -2.49. The van der Waals surface area contributed by atoms with E-state index in [9.17, 15) is 9.59 Å². The van der Waals surface area contributed by atoms with Crippen LogP contribution in [0, 0.1) is 0 Å². The fourth-order valence-electron chi connectivity index (χ4n) is 3.28. The van der Waals surface area contributed by atoms with Crippen molar-refractivity contribution in [3.63, 3.8) is 0 Å². The molecule has 27 heavy (non-hydrogen) atoms. The van der Waals surface area contributed by atoms with Crippen LogP contribution in [0.2, 0.25) is 0 Å². The molecule has 8 nitrogen and oxygen atoms in total. The van der Waals surface area contributed by atoms with Crippen LogP contribution in [-0.2, 0) is 4.79 Å². The lowest BCUT2D eigenvalue weighted by atomic mass is 10.2. The highest BCUT2D eigenvalue weighted by atomic mass is 16.2. The number of hydrogen-bond acceptors (Lipinski definition) is 5. The van der Waals surface area contributed by atoms with E-state index in [-0.39, 0.29) is 11.8 Å². The molecule has 2 amide bonds. The molecule has 3 aromatic heterocycles. The zero-order valence-corrected chi connectivity index (χ0v) is 15.0. The number of anilines is 2. The van der Waals surface area contributed by atoms with Gasteiger partial charge in [0.25, 0.3) is 5.91 Å². The molecule has 0 atom stereocenters. The van der Waals surface area contributed by atoms with Gasteiger partial charge in [-0.05, 0) is 24.3 Å². The molecule has 138 valence electrons. The standard InChI is InChI=1S/C19H20N6O2/c1-14(26)22-15-5-7-25-17(12-15)16(13-21-25)19(27)24-10-8-23(9-11-24)18-4-2-3-6-20-18/h2-7,12-13H,8-11H2,1H3,(H,22,26). The Labute approximate surface area is 156 Å². The third-order valence-corrected chi connectivity index (χ3v) is 4.61. The van der Waals surface area contributed by atoms with Crippen molar-refractivity contribution in [2.75, 3.05) is 36.4 Å². The molecular formula is C19H20N6O2. The summed E-state index contributed by atoms with van der Waals surface area (Å²) in [5.41, 5.74) is 1.86. The molecule has 8 heteroatoms. The van der Waals surface area contributed by atoms with E-state index in [1.165, 1.54) is 6.92 Å². The first-order valence-electron chi connectivity index (χ1n) is 8.82. The number of nitrogens with one attached hydrogen (secondary N) is 1. The van der Waals surface area contributed by atoms with Crippen molar-refractivity contribution in [3.05, 3.63) is 54.5 Å². The lowest BCUT2D eigenvalue weighted by Gasteiger charge is -2.35. The molecule has 3 aromatic rings. The van der Waals surface area contributed by atoms with Crippen LogP contribution >= 0.6 is 0 Å².